The maximum Gasteiger partial charge on any atom is 0.387 e. The van der Waals surface area contributed by atoms with Gasteiger partial charge in [-0.05, 0) is 12.1 Å². The number of aromatic nitrogens is 2. The van der Waals surface area contributed by atoms with Crippen LogP contribution in [0.3, 0.4) is 0 Å². The average Bonchev–Trinajstić information content (AvgIpc) is 2.77. The minimum atomic E-state index is -2.85. The number of halogens is 2. The standard InChI is InChI=1S/C11H10F2N2O2/c12-11(13)17-10-3-1-2-9(4-10)15-5-8(6-16)14-7-15/h1-5,7,11,16H,6H2. The number of hydrogen-bond donors (Lipinski definition) is 1. The molecule has 0 aliphatic carbocycles. The Labute approximate surface area is 96.1 Å². The first-order valence-electron chi connectivity index (χ1n) is 4.88. The fourth-order valence-electron chi connectivity index (χ4n) is 1.41. The predicted octanol–water partition coefficient (Wildman–Crippen LogP) is 1.97. The second-order valence-electron chi connectivity index (χ2n) is 3.31. The molecule has 1 heterocycles. The van der Waals surface area contributed by atoms with E-state index in [2.05, 4.69) is 9.72 Å². The third-order valence-electron chi connectivity index (χ3n) is 2.14. The molecule has 2 rings (SSSR count). The third-order valence-corrected chi connectivity index (χ3v) is 2.14. The van der Waals surface area contributed by atoms with Gasteiger partial charge in [-0.15, -0.1) is 0 Å². The van der Waals surface area contributed by atoms with E-state index in [1.54, 1.807) is 22.9 Å². The molecule has 0 spiro atoms. The van der Waals surface area contributed by atoms with Crippen molar-refractivity contribution in [2.75, 3.05) is 0 Å². The number of imidazole rings is 1. The fourth-order valence-corrected chi connectivity index (χ4v) is 1.41. The summed E-state index contributed by atoms with van der Waals surface area (Å²) in [6.07, 6.45) is 3.11. The van der Waals surface area contributed by atoms with Crippen molar-refractivity contribution in [2.24, 2.45) is 0 Å². The molecule has 0 amide bonds. The van der Waals surface area contributed by atoms with E-state index in [1.165, 1.54) is 18.5 Å². The number of aliphatic hydroxyl groups excluding tert-OH is 1. The molecule has 90 valence electrons. The minimum absolute atomic E-state index is 0.0803. The monoisotopic (exact) mass is 240 g/mol. The van der Waals surface area contributed by atoms with Crippen LogP contribution in [0.4, 0.5) is 8.78 Å². The summed E-state index contributed by atoms with van der Waals surface area (Å²) in [5.41, 5.74) is 1.14. The zero-order chi connectivity index (χ0) is 12.3. The lowest BCUT2D eigenvalue weighted by molar-refractivity contribution is -0.0498. The zero-order valence-electron chi connectivity index (χ0n) is 8.75. The number of ether oxygens (including phenoxy) is 1. The van der Waals surface area contributed by atoms with Gasteiger partial charge >= 0.3 is 6.61 Å². The molecule has 0 fully saturated rings. The summed E-state index contributed by atoms with van der Waals surface area (Å²) in [7, 11) is 0. The van der Waals surface area contributed by atoms with Crippen LogP contribution in [0, 0.1) is 0 Å². The number of alkyl halides is 2. The van der Waals surface area contributed by atoms with E-state index in [-0.39, 0.29) is 12.4 Å². The van der Waals surface area contributed by atoms with E-state index < -0.39 is 6.61 Å². The highest BCUT2D eigenvalue weighted by Gasteiger charge is 2.06. The highest BCUT2D eigenvalue weighted by atomic mass is 19.3. The summed E-state index contributed by atoms with van der Waals surface area (Å²) in [5, 5.41) is 8.87. The van der Waals surface area contributed by atoms with Crippen LogP contribution < -0.4 is 4.74 Å². The molecule has 4 nitrogen and oxygen atoms in total. The van der Waals surface area contributed by atoms with Gasteiger partial charge in [0.05, 0.1) is 24.3 Å². The van der Waals surface area contributed by atoms with Crippen molar-refractivity contribution in [1.29, 1.82) is 0 Å². The van der Waals surface area contributed by atoms with Gasteiger partial charge in [0.2, 0.25) is 0 Å². The lowest BCUT2D eigenvalue weighted by Gasteiger charge is -2.06. The lowest BCUT2D eigenvalue weighted by Crippen LogP contribution is -2.02. The summed E-state index contributed by atoms with van der Waals surface area (Å²) in [6, 6.07) is 6.24. The van der Waals surface area contributed by atoms with Crippen LogP contribution in [-0.2, 0) is 6.61 Å². The molecule has 0 aliphatic rings. The van der Waals surface area contributed by atoms with Crippen molar-refractivity contribution in [3.8, 4) is 11.4 Å². The Balaban J connectivity index is 2.26. The first-order chi connectivity index (χ1) is 8.19. The Morgan fingerprint density at radius 1 is 1.41 bits per heavy atom. The number of nitrogens with zero attached hydrogens (tertiary/aromatic N) is 2. The Morgan fingerprint density at radius 3 is 2.88 bits per heavy atom. The number of aliphatic hydroxyl groups is 1. The van der Waals surface area contributed by atoms with Gasteiger partial charge in [0, 0.05) is 12.3 Å². The Bertz CT molecular complexity index is 500. The van der Waals surface area contributed by atoms with E-state index in [9.17, 15) is 8.78 Å². The average molecular weight is 240 g/mol. The van der Waals surface area contributed by atoms with Crippen LogP contribution in [0.2, 0.25) is 0 Å². The van der Waals surface area contributed by atoms with Crippen molar-refractivity contribution in [3.63, 3.8) is 0 Å². The fraction of sp³-hybridized carbons (Fsp3) is 0.182. The first-order valence-corrected chi connectivity index (χ1v) is 4.88. The summed E-state index contributed by atoms with van der Waals surface area (Å²) < 4.78 is 30.0. The quantitative estimate of drug-likeness (QED) is 0.888. The largest absolute Gasteiger partial charge is 0.435 e. The molecule has 0 atom stereocenters. The molecule has 1 aromatic carbocycles. The molecule has 6 heteroatoms. The Hall–Kier alpha value is -1.95. The van der Waals surface area contributed by atoms with Crippen LogP contribution >= 0.6 is 0 Å². The van der Waals surface area contributed by atoms with E-state index in [0.717, 1.165) is 0 Å². The van der Waals surface area contributed by atoms with E-state index in [0.29, 0.717) is 11.4 Å². The smallest absolute Gasteiger partial charge is 0.387 e. The molecule has 1 N–H and O–H groups in total. The second-order valence-corrected chi connectivity index (χ2v) is 3.31. The van der Waals surface area contributed by atoms with E-state index >= 15 is 0 Å². The molecule has 0 saturated carbocycles. The van der Waals surface area contributed by atoms with Gasteiger partial charge in [0.1, 0.15) is 5.75 Å². The second kappa shape index (κ2) is 4.92. The van der Waals surface area contributed by atoms with Gasteiger partial charge < -0.3 is 14.4 Å². The van der Waals surface area contributed by atoms with Gasteiger partial charge in [-0.1, -0.05) is 6.07 Å². The Kier molecular flexibility index (Phi) is 3.34. The van der Waals surface area contributed by atoms with Crippen molar-refractivity contribution in [1.82, 2.24) is 9.55 Å². The molecular weight excluding hydrogens is 230 g/mol. The summed E-state index contributed by atoms with van der Waals surface area (Å²) in [4.78, 5) is 3.93. The van der Waals surface area contributed by atoms with Crippen molar-refractivity contribution < 1.29 is 18.6 Å². The van der Waals surface area contributed by atoms with Crippen LogP contribution in [0.1, 0.15) is 5.69 Å². The molecule has 0 bridgehead atoms. The van der Waals surface area contributed by atoms with Crippen LogP contribution in [-0.4, -0.2) is 21.3 Å². The van der Waals surface area contributed by atoms with Crippen LogP contribution in [0.15, 0.2) is 36.8 Å². The molecule has 2 aromatic rings. The number of hydrogen-bond acceptors (Lipinski definition) is 3. The van der Waals surface area contributed by atoms with Gasteiger partial charge in [-0.3, -0.25) is 0 Å². The molecule has 1 aromatic heterocycles. The summed E-state index contributed by atoms with van der Waals surface area (Å²) in [6.45, 7) is -3.01. The van der Waals surface area contributed by atoms with Gasteiger partial charge in [-0.2, -0.15) is 8.78 Å². The topological polar surface area (TPSA) is 47.3 Å². The summed E-state index contributed by atoms with van der Waals surface area (Å²) in [5.74, 6) is 0.0803. The highest BCUT2D eigenvalue weighted by Crippen LogP contribution is 2.18. The van der Waals surface area contributed by atoms with Gasteiger partial charge in [-0.25, -0.2) is 4.98 Å². The summed E-state index contributed by atoms with van der Waals surface area (Å²) >= 11 is 0. The maximum absolute atomic E-state index is 12.0. The van der Waals surface area contributed by atoms with Gasteiger partial charge in [0.15, 0.2) is 0 Å². The zero-order valence-corrected chi connectivity index (χ0v) is 8.75. The molecule has 0 unspecified atom stereocenters. The molecular formula is C11H10F2N2O2. The van der Waals surface area contributed by atoms with Crippen LogP contribution in [0.25, 0.3) is 5.69 Å². The normalized spacial score (nSPS) is 10.8. The predicted molar refractivity (Wildman–Crippen MR) is 56.1 cm³/mol. The minimum Gasteiger partial charge on any atom is -0.435 e. The number of rotatable bonds is 4. The maximum atomic E-state index is 12.0. The number of benzene rings is 1. The van der Waals surface area contributed by atoms with E-state index in [4.69, 9.17) is 5.11 Å². The first kappa shape index (κ1) is 11.5. The highest BCUT2D eigenvalue weighted by molar-refractivity contribution is 5.39. The lowest BCUT2D eigenvalue weighted by atomic mass is 10.3. The van der Waals surface area contributed by atoms with Crippen molar-refractivity contribution >= 4 is 0 Å². The SMILES string of the molecule is OCc1cn(-c2cccc(OC(F)F)c2)cn1. The molecule has 0 radical (unpaired) electrons. The van der Waals surface area contributed by atoms with Gasteiger partial charge in [0.25, 0.3) is 0 Å². The molecule has 0 aliphatic heterocycles. The molecule has 17 heavy (non-hydrogen) atoms. The van der Waals surface area contributed by atoms with Crippen LogP contribution in [0.5, 0.6) is 5.75 Å². The van der Waals surface area contributed by atoms with Crippen molar-refractivity contribution in [2.45, 2.75) is 13.2 Å². The molecule has 0 saturated heterocycles. The van der Waals surface area contributed by atoms with Crippen molar-refractivity contribution in [3.05, 3.63) is 42.5 Å². The Morgan fingerprint density at radius 2 is 2.24 bits per heavy atom. The van der Waals surface area contributed by atoms with E-state index in [1.807, 2.05) is 0 Å². The third kappa shape index (κ3) is 2.79.